The lowest BCUT2D eigenvalue weighted by Gasteiger charge is -2.08. The molecule has 0 aliphatic rings. The summed E-state index contributed by atoms with van der Waals surface area (Å²) in [5.41, 5.74) is 6.82. The first-order valence-electron chi connectivity index (χ1n) is 7.74. The molecular weight excluding hydrogens is 280 g/mol. The monoisotopic (exact) mass is 298 g/mol. The Morgan fingerprint density at radius 1 is 0.913 bits per heavy atom. The summed E-state index contributed by atoms with van der Waals surface area (Å²) in [5.74, 6) is 0. The predicted octanol–water partition coefficient (Wildman–Crippen LogP) is 5.10. The second-order valence-electron chi connectivity index (χ2n) is 5.97. The molecule has 2 heterocycles. The fraction of sp³-hybridized carbons (Fsp3) is 0.0952. The highest BCUT2D eigenvalue weighted by atomic mass is 14.9. The molecule has 0 radical (unpaired) electrons. The van der Waals surface area contributed by atoms with E-state index >= 15 is 0 Å². The molecule has 0 amide bonds. The molecule has 2 aromatic heterocycles. The van der Waals surface area contributed by atoms with Crippen molar-refractivity contribution >= 4 is 27.4 Å². The van der Waals surface area contributed by atoms with Gasteiger partial charge >= 0.3 is 0 Å². The molecule has 0 saturated carbocycles. The van der Waals surface area contributed by atoms with Gasteiger partial charge in [-0.1, -0.05) is 30.8 Å². The maximum absolute atomic E-state index is 4.30. The van der Waals surface area contributed by atoms with E-state index in [1.165, 1.54) is 21.8 Å². The molecule has 2 heteroatoms. The molecule has 2 aromatic carbocycles. The van der Waals surface area contributed by atoms with Gasteiger partial charge in [-0.25, -0.2) is 0 Å². The van der Waals surface area contributed by atoms with Gasteiger partial charge in [-0.3, -0.25) is 4.98 Å². The number of hydrogen-bond donors (Lipinski definition) is 0. The number of nitrogens with zero attached hydrogens (tertiary/aromatic N) is 2. The predicted molar refractivity (Wildman–Crippen MR) is 97.5 cm³/mol. The Balaban J connectivity index is 1.92. The van der Waals surface area contributed by atoms with Gasteiger partial charge in [-0.05, 0) is 54.0 Å². The topological polar surface area (TPSA) is 17.8 Å². The van der Waals surface area contributed by atoms with E-state index in [2.05, 4.69) is 71.7 Å². The van der Waals surface area contributed by atoms with E-state index in [9.17, 15) is 0 Å². The van der Waals surface area contributed by atoms with Crippen LogP contribution in [0.2, 0.25) is 0 Å². The Hall–Kier alpha value is -2.87. The van der Waals surface area contributed by atoms with Gasteiger partial charge in [0.05, 0.1) is 0 Å². The lowest BCUT2D eigenvalue weighted by atomic mass is 9.98. The molecule has 0 fully saturated rings. The average Bonchev–Trinajstić information content (AvgIpc) is 2.87. The minimum absolute atomic E-state index is 1.01. The third-order valence-corrected chi connectivity index (χ3v) is 4.51. The molecule has 0 spiro atoms. The molecule has 0 atom stereocenters. The molecule has 0 saturated heterocycles. The minimum Gasteiger partial charge on any atom is -0.344 e. The molecule has 2 nitrogen and oxygen atoms in total. The average molecular weight is 298 g/mol. The highest BCUT2D eigenvalue weighted by Gasteiger charge is 2.10. The molecule has 23 heavy (non-hydrogen) atoms. The number of pyridine rings is 1. The second-order valence-corrected chi connectivity index (χ2v) is 5.97. The van der Waals surface area contributed by atoms with Crippen LogP contribution in [0, 0.1) is 6.92 Å². The number of rotatable bonds is 2. The lowest BCUT2D eigenvalue weighted by molar-refractivity contribution is 1.01. The Bertz CT molecular complexity index is 1050. The third kappa shape index (κ3) is 2.15. The summed E-state index contributed by atoms with van der Waals surface area (Å²) >= 11 is 0. The number of benzene rings is 2. The van der Waals surface area contributed by atoms with Crippen molar-refractivity contribution in [3.05, 3.63) is 84.2 Å². The van der Waals surface area contributed by atoms with Crippen LogP contribution in [0.5, 0.6) is 0 Å². The van der Waals surface area contributed by atoms with Gasteiger partial charge < -0.3 is 4.57 Å². The van der Waals surface area contributed by atoms with Gasteiger partial charge in [0.1, 0.15) is 0 Å². The zero-order valence-electron chi connectivity index (χ0n) is 13.4. The molecule has 0 bridgehead atoms. The normalized spacial score (nSPS) is 11.2. The zero-order valence-corrected chi connectivity index (χ0v) is 13.4. The Labute approximate surface area is 135 Å². The number of aromatic nitrogens is 2. The van der Waals surface area contributed by atoms with Gasteiger partial charge in [-0.2, -0.15) is 0 Å². The largest absolute Gasteiger partial charge is 0.344 e. The van der Waals surface area contributed by atoms with Gasteiger partial charge in [0.2, 0.25) is 0 Å². The van der Waals surface area contributed by atoms with Crippen molar-refractivity contribution in [1.29, 1.82) is 0 Å². The van der Waals surface area contributed by atoms with Gasteiger partial charge in [0, 0.05) is 40.7 Å². The maximum atomic E-state index is 4.30. The van der Waals surface area contributed by atoms with E-state index in [1.807, 2.05) is 19.2 Å². The first kappa shape index (κ1) is 13.8. The molecule has 0 aliphatic heterocycles. The summed E-state index contributed by atoms with van der Waals surface area (Å²) in [7, 11) is 2.12. The zero-order chi connectivity index (χ0) is 16.0. The van der Waals surface area contributed by atoms with E-state index in [1.54, 1.807) is 0 Å². The van der Waals surface area contributed by atoms with Crippen LogP contribution < -0.4 is 0 Å². The summed E-state index contributed by atoms with van der Waals surface area (Å²) in [4.78, 5) is 4.27. The van der Waals surface area contributed by atoms with Crippen molar-refractivity contribution < 1.29 is 0 Å². The molecule has 0 N–H and O–H groups in total. The quantitative estimate of drug-likeness (QED) is 0.503. The summed E-state index contributed by atoms with van der Waals surface area (Å²) in [6.45, 7) is 6.30. The minimum atomic E-state index is 1.01. The van der Waals surface area contributed by atoms with Crippen LogP contribution in [0.3, 0.4) is 0 Å². The van der Waals surface area contributed by atoms with Gasteiger partial charge in [-0.15, -0.1) is 0 Å². The van der Waals surface area contributed by atoms with E-state index in [4.69, 9.17) is 0 Å². The number of aryl methyl sites for hydroxylation is 2. The standard InChI is InChI=1S/C21H18N2/c1-14-12-17(10-11-22-14)15(2)16-8-9-21-19(13-16)18-6-4-5-7-20(18)23(21)3/h4-13H,2H2,1,3H3. The van der Waals surface area contributed by atoms with E-state index < -0.39 is 0 Å². The Kier molecular flexibility index (Phi) is 3.05. The van der Waals surface area contributed by atoms with Crippen molar-refractivity contribution in [3.8, 4) is 0 Å². The number of para-hydroxylation sites is 1. The fourth-order valence-electron chi connectivity index (χ4n) is 3.26. The van der Waals surface area contributed by atoms with Crippen LogP contribution in [0.25, 0.3) is 27.4 Å². The Morgan fingerprint density at radius 3 is 2.48 bits per heavy atom. The summed E-state index contributed by atoms with van der Waals surface area (Å²) in [5, 5.41) is 2.55. The van der Waals surface area contributed by atoms with Crippen LogP contribution in [-0.2, 0) is 7.05 Å². The molecule has 112 valence electrons. The van der Waals surface area contributed by atoms with E-state index in [0.29, 0.717) is 0 Å². The first-order valence-corrected chi connectivity index (χ1v) is 7.74. The van der Waals surface area contributed by atoms with Crippen molar-refractivity contribution in [2.24, 2.45) is 7.05 Å². The highest BCUT2D eigenvalue weighted by molar-refractivity contribution is 6.09. The van der Waals surface area contributed by atoms with Crippen molar-refractivity contribution in [1.82, 2.24) is 9.55 Å². The van der Waals surface area contributed by atoms with Crippen LogP contribution >= 0.6 is 0 Å². The van der Waals surface area contributed by atoms with Crippen LogP contribution in [-0.4, -0.2) is 9.55 Å². The number of hydrogen-bond acceptors (Lipinski definition) is 1. The highest BCUT2D eigenvalue weighted by Crippen LogP contribution is 2.31. The van der Waals surface area contributed by atoms with Crippen LogP contribution in [0.4, 0.5) is 0 Å². The molecule has 0 unspecified atom stereocenters. The van der Waals surface area contributed by atoms with Gasteiger partial charge in [0.15, 0.2) is 0 Å². The Morgan fingerprint density at radius 2 is 1.65 bits per heavy atom. The fourth-order valence-corrected chi connectivity index (χ4v) is 3.26. The summed E-state index contributed by atoms with van der Waals surface area (Å²) in [6.07, 6.45) is 1.84. The lowest BCUT2D eigenvalue weighted by Crippen LogP contribution is -1.90. The molecule has 0 aliphatic carbocycles. The number of fused-ring (bicyclic) bond motifs is 3. The summed E-state index contributed by atoms with van der Waals surface area (Å²) < 4.78 is 2.24. The summed E-state index contributed by atoms with van der Waals surface area (Å²) in [6, 6.07) is 19.2. The first-order chi connectivity index (χ1) is 11.1. The SMILES string of the molecule is C=C(c1ccnc(C)c1)c1ccc2c(c1)c1ccccc1n2C. The molecule has 4 aromatic rings. The molecular formula is C21H18N2. The van der Waals surface area contributed by atoms with E-state index in [0.717, 1.165) is 22.4 Å². The van der Waals surface area contributed by atoms with Crippen molar-refractivity contribution in [2.45, 2.75) is 6.92 Å². The van der Waals surface area contributed by atoms with Crippen molar-refractivity contribution in [3.63, 3.8) is 0 Å². The maximum Gasteiger partial charge on any atom is 0.0489 e. The molecule has 4 rings (SSSR count). The third-order valence-electron chi connectivity index (χ3n) is 4.51. The smallest absolute Gasteiger partial charge is 0.0489 e. The second kappa shape index (κ2) is 5.10. The van der Waals surface area contributed by atoms with Crippen LogP contribution in [0.1, 0.15) is 16.8 Å². The van der Waals surface area contributed by atoms with Crippen LogP contribution in [0.15, 0.2) is 67.4 Å². The van der Waals surface area contributed by atoms with Gasteiger partial charge in [0.25, 0.3) is 0 Å². The van der Waals surface area contributed by atoms with Crippen molar-refractivity contribution in [2.75, 3.05) is 0 Å². The van der Waals surface area contributed by atoms with E-state index in [-0.39, 0.29) is 0 Å².